The lowest BCUT2D eigenvalue weighted by Crippen LogP contribution is -3.17. The number of carbonyl (C=O) groups excluding carboxylic acids is 1. The molecule has 1 unspecified atom stereocenters. The predicted octanol–water partition coefficient (Wildman–Crippen LogP) is 1.79. The molecule has 2 aliphatic rings. The number of hydrogen-bond donors (Lipinski definition) is 2. The lowest BCUT2D eigenvalue weighted by Gasteiger charge is -2.28. The third kappa shape index (κ3) is 3.98. The Labute approximate surface area is 159 Å². The van der Waals surface area contributed by atoms with Crippen molar-refractivity contribution in [1.29, 1.82) is 0 Å². The van der Waals surface area contributed by atoms with Gasteiger partial charge < -0.3 is 19.7 Å². The molecule has 1 amide bonds. The molecule has 0 saturated carbocycles. The van der Waals surface area contributed by atoms with Crippen LogP contribution in [0.3, 0.4) is 0 Å². The van der Waals surface area contributed by atoms with E-state index in [0.717, 1.165) is 36.6 Å². The smallest absolute Gasteiger partial charge is 0.278 e. The highest BCUT2D eigenvalue weighted by molar-refractivity contribution is 5.80. The van der Waals surface area contributed by atoms with Gasteiger partial charge in [-0.2, -0.15) is 0 Å². The minimum atomic E-state index is -0.0763. The van der Waals surface area contributed by atoms with Gasteiger partial charge >= 0.3 is 0 Å². The van der Waals surface area contributed by atoms with Crippen molar-refractivity contribution in [3.8, 4) is 11.5 Å². The van der Waals surface area contributed by atoms with E-state index in [-0.39, 0.29) is 18.7 Å². The molecule has 2 N–H and O–H groups in total. The van der Waals surface area contributed by atoms with E-state index in [9.17, 15) is 4.79 Å². The fraction of sp³-hybridized carbons (Fsp3) is 0.318. The molecule has 0 bridgehead atoms. The van der Waals surface area contributed by atoms with E-state index in [1.54, 1.807) is 0 Å². The highest BCUT2D eigenvalue weighted by atomic mass is 16.7. The van der Waals surface area contributed by atoms with Crippen LogP contribution in [0, 0.1) is 0 Å². The number of benzene rings is 2. The fourth-order valence-corrected chi connectivity index (χ4v) is 3.64. The summed E-state index contributed by atoms with van der Waals surface area (Å²) in [6.07, 6.45) is 3.27. The number of fused-ring (bicyclic) bond motifs is 1. The second-order valence-electron chi connectivity index (χ2n) is 7.08. The van der Waals surface area contributed by atoms with Crippen molar-refractivity contribution in [1.82, 2.24) is 5.32 Å². The Morgan fingerprint density at radius 1 is 1.15 bits per heavy atom. The standard InChI is InChI=1S/C22H24N2O3/c1-16(24-11-9-19(10-12-24)18-5-3-2-4-6-18)22(25)23-14-17-7-8-20-21(13-17)27-15-26-20/h2-9,13,16H,10-12,14-15H2,1H3,(H,23,25)/p+1/t16-/m0/s1. The van der Waals surface area contributed by atoms with Crippen LogP contribution in [0.5, 0.6) is 11.5 Å². The van der Waals surface area contributed by atoms with Crippen molar-refractivity contribution in [2.24, 2.45) is 0 Å². The molecule has 0 fully saturated rings. The maximum atomic E-state index is 12.6. The molecule has 2 aliphatic heterocycles. The molecule has 140 valence electrons. The first-order chi connectivity index (χ1) is 13.2. The van der Waals surface area contributed by atoms with E-state index in [2.05, 4.69) is 35.7 Å². The predicted molar refractivity (Wildman–Crippen MR) is 104 cm³/mol. The van der Waals surface area contributed by atoms with Crippen LogP contribution in [0.4, 0.5) is 0 Å². The third-order valence-electron chi connectivity index (χ3n) is 5.38. The normalized spacial score (nSPS) is 19.3. The summed E-state index contributed by atoms with van der Waals surface area (Å²) in [5.74, 6) is 1.59. The summed E-state index contributed by atoms with van der Waals surface area (Å²) in [4.78, 5) is 13.9. The molecule has 0 radical (unpaired) electrons. The van der Waals surface area contributed by atoms with Crippen molar-refractivity contribution in [2.45, 2.75) is 25.9 Å². The Morgan fingerprint density at radius 3 is 2.74 bits per heavy atom. The average molecular weight is 365 g/mol. The zero-order valence-corrected chi connectivity index (χ0v) is 15.5. The molecule has 2 heterocycles. The number of hydrogen-bond acceptors (Lipinski definition) is 3. The molecule has 5 nitrogen and oxygen atoms in total. The molecule has 0 aliphatic carbocycles. The van der Waals surface area contributed by atoms with E-state index in [1.807, 2.05) is 31.2 Å². The van der Waals surface area contributed by atoms with Gasteiger partial charge in [0, 0.05) is 13.0 Å². The summed E-state index contributed by atoms with van der Waals surface area (Å²) >= 11 is 0. The molecule has 2 atom stereocenters. The van der Waals surface area contributed by atoms with Gasteiger partial charge in [0.15, 0.2) is 17.5 Å². The number of rotatable bonds is 5. The summed E-state index contributed by atoms with van der Waals surface area (Å²) in [5, 5.41) is 3.05. The highest BCUT2D eigenvalue weighted by Crippen LogP contribution is 2.32. The fourth-order valence-electron chi connectivity index (χ4n) is 3.64. The van der Waals surface area contributed by atoms with Crippen LogP contribution in [0.15, 0.2) is 54.6 Å². The lowest BCUT2D eigenvalue weighted by atomic mass is 9.99. The number of nitrogens with one attached hydrogen (secondary N) is 2. The van der Waals surface area contributed by atoms with Crippen LogP contribution >= 0.6 is 0 Å². The van der Waals surface area contributed by atoms with Gasteiger partial charge in [0.05, 0.1) is 13.1 Å². The third-order valence-corrected chi connectivity index (χ3v) is 5.38. The second kappa shape index (κ2) is 7.84. The van der Waals surface area contributed by atoms with E-state index in [0.29, 0.717) is 6.54 Å². The Morgan fingerprint density at radius 2 is 1.96 bits per heavy atom. The largest absolute Gasteiger partial charge is 0.454 e. The SMILES string of the molecule is C[C@@H](C(=O)NCc1ccc2c(c1)OCO2)[NH+]1CC=C(c2ccccc2)CC1. The zero-order chi connectivity index (χ0) is 18.6. The van der Waals surface area contributed by atoms with Crippen molar-refractivity contribution in [3.05, 3.63) is 65.7 Å². The summed E-state index contributed by atoms with van der Waals surface area (Å²) in [6.45, 7) is 4.62. The van der Waals surface area contributed by atoms with Gasteiger partial charge in [-0.25, -0.2) is 0 Å². The number of ether oxygens (including phenoxy) is 2. The van der Waals surface area contributed by atoms with Gasteiger partial charge in [-0.1, -0.05) is 36.4 Å². The second-order valence-corrected chi connectivity index (χ2v) is 7.08. The number of amides is 1. The first kappa shape index (κ1) is 17.6. The summed E-state index contributed by atoms with van der Waals surface area (Å²) < 4.78 is 10.7. The molecule has 4 rings (SSSR count). The molecular weight excluding hydrogens is 340 g/mol. The Hall–Kier alpha value is -2.79. The Balaban J connectivity index is 1.31. The van der Waals surface area contributed by atoms with Crippen molar-refractivity contribution >= 4 is 11.5 Å². The van der Waals surface area contributed by atoms with Crippen LogP contribution in [-0.2, 0) is 11.3 Å². The first-order valence-electron chi connectivity index (χ1n) is 9.46. The minimum absolute atomic E-state index is 0.0763. The molecule has 2 aromatic rings. The van der Waals surface area contributed by atoms with Crippen LogP contribution in [-0.4, -0.2) is 31.8 Å². The number of carbonyl (C=O) groups is 1. The average Bonchev–Trinajstić information content (AvgIpc) is 3.20. The van der Waals surface area contributed by atoms with Gasteiger partial charge in [0.2, 0.25) is 6.79 Å². The summed E-state index contributed by atoms with van der Waals surface area (Å²) in [6, 6.07) is 16.2. The van der Waals surface area contributed by atoms with Crippen molar-refractivity contribution < 1.29 is 19.2 Å². The lowest BCUT2D eigenvalue weighted by molar-refractivity contribution is -0.909. The van der Waals surface area contributed by atoms with Crippen molar-refractivity contribution in [2.75, 3.05) is 19.9 Å². The van der Waals surface area contributed by atoms with Gasteiger partial charge in [-0.15, -0.1) is 0 Å². The van der Waals surface area contributed by atoms with Crippen LogP contribution in [0.2, 0.25) is 0 Å². The van der Waals surface area contributed by atoms with Crippen LogP contribution in [0.25, 0.3) is 5.57 Å². The Kier molecular flexibility index (Phi) is 5.12. The molecular formula is C22H25N2O3+. The maximum absolute atomic E-state index is 12.6. The first-order valence-corrected chi connectivity index (χ1v) is 9.46. The Bertz CT molecular complexity index is 848. The molecule has 27 heavy (non-hydrogen) atoms. The van der Waals surface area contributed by atoms with Gasteiger partial charge in [0.25, 0.3) is 5.91 Å². The highest BCUT2D eigenvalue weighted by Gasteiger charge is 2.27. The van der Waals surface area contributed by atoms with Crippen LogP contribution < -0.4 is 19.7 Å². The van der Waals surface area contributed by atoms with E-state index in [1.165, 1.54) is 16.0 Å². The minimum Gasteiger partial charge on any atom is -0.454 e. The molecule has 0 saturated heterocycles. The van der Waals surface area contributed by atoms with Gasteiger partial charge in [-0.3, -0.25) is 4.79 Å². The van der Waals surface area contributed by atoms with Crippen LogP contribution in [0.1, 0.15) is 24.5 Å². The molecule has 5 heteroatoms. The summed E-state index contributed by atoms with van der Waals surface area (Å²) in [5.41, 5.74) is 3.68. The topological polar surface area (TPSA) is 52.0 Å². The molecule has 0 aromatic heterocycles. The van der Waals surface area contributed by atoms with Crippen molar-refractivity contribution in [3.63, 3.8) is 0 Å². The quantitative estimate of drug-likeness (QED) is 0.850. The van der Waals surface area contributed by atoms with E-state index >= 15 is 0 Å². The maximum Gasteiger partial charge on any atom is 0.278 e. The van der Waals surface area contributed by atoms with Gasteiger partial charge in [-0.05, 0) is 41.8 Å². The monoisotopic (exact) mass is 365 g/mol. The molecule has 0 spiro atoms. The zero-order valence-electron chi connectivity index (χ0n) is 15.5. The van der Waals surface area contributed by atoms with E-state index < -0.39 is 0 Å². The molecule has 2 aromatic carbocycles. The van der Waals surface area contributed by atoms with Gasteiger partial charge in [0.1, 0.15) is 0 Å². The summed E-state index contributed by atoms with van der Waals surface area (Å²) in [7, 11) is 0. The van der Waals surface area contributed by atoms with E-state index in [4.69, 9.17) is 9.47 Å². The number of quaternary nitrogens is 1.